The van der Waals surface area contributed by atoms with Gasteiger partial charge in [0.1, 0.15) is 0 Å². The molecule has 0 spiro atoms. The zero-order chi connectivity index (χ0) is 21.4. The van der Waals surface area contributed by atoms with Gasteiger partial charge in [0.2, 0.25) is 0 Å². The fourth-order valence-corrected chi connectivity index (χ4v) is 4.13. The van der Waals surface area contributed by atoms with E-state index in [1.54, 1.807) is 0 Å². The highest BCUT2D eigenvalue weighted by Gasteiger charge is 2.74. The lowest BCUT2D eigenvalue weighted by Gasteiger charge is -2.33. The number of benzene rings is 1. The first-order valence-electron chi connectivity index (χ1n) is 7.77. The number of carboxylic acid groups (broad SMARTS) is 1. The molecule has 0 amide bonds. The Labute approximate surface area is 153 Å². The molecule has 154 valence electrons. The van der Waals surface area contributed by atoms with Gasteiger partial charge in [0.25, 0.3) is 0 Å². The maximum Gasteiger partial charge on any atom is 0.435 e. The normalized spacial score (nSPS) is 15.5. The van der Waals surface area contributed by atoms with Crippen LogP contribution in [-0.2, 0) is 22.9 Å². The molecule has 1 aromatic carbocycles. The van der Waals surface area contributed by atoms with E-state index in [1.807, 2.05) is 0 Å². The number of carbonyl (C=O) groups is 1. The van der Waals surface area contributed by atoms with Crippen LogP contribution in [0.1, 0.15) is 48.7 Å². The topological polar surface area (TPSA) is 54.4 Å². The molecule has 0 radical (unpaired) electrons. The van der Waals surface area contributed by atoms with E-state index in [1.165, 1.54) is 20.8 Å². The molecule has 0 aromatic heterocycles. The van der Waals surface area contributed by atoms with Gasteiger partial charge >= 0.3 is 24.0 Å². The first-order chi connectivity index (χ1) is 12.1. The Morgan fingerprint density at radius 3 is 1.89 bits per heavy atom. The molecule has 0 unspecified atom stereocenters. The molecular weight excluding hydrogens is 405 g/mol. The summed E-state index contributed by atoms with van der Waals surface area (Å²) >= 11 is 0. The molecule has 2 atom stereocenters. The van der Waals surface area contributed by atoms with Crippen molar-refractivity contribution in [1.29, 1.82) is 0 Å². The Morgan fingerprint density at radius 1 is 1.07 bits per heavy atom. The molecule has 3 nitrogen and oxygen atoms in total. The molecule has 0 fully saturated rings. The van der Waals surface area contributed by atoms with Gasteiger partial charge in [0, 0.05) is 10.8 Å². The molecule has 11 heteroatoms. The monoisotopic (exact) mass is 422 g/mol. The van der Waals surface area contributed by atoms with Crippen molar-refractivity contribution in [3.63, 3.8) is 0 Å². The molecule has 1 aromatic rings. The van der Waals surface area contributed by atoms with Gasteiger partial charge in [0.05, 0.1) is 21.3 Å². The molecule has 0 saturated carbocycles. The van der Waals surface area contributed by atoms with Crippen LogP contribution in [0.5, 0.6) is 0 Å². The van der Waals surface area contributed by atoms with Gasteiger partial charge in [-0.3, -0.25) is 4.21 Å². The maximum atomic E-state index is 14.6. The van der Waals surface area contributed by atoms with Crippen LogP contribution in [0.15, 0.2) is 17.0 Å². The molecule has 27 heavy (non-hydrogen) atoms. The Morgan fingerprint density at radius 2 is 1.56 bits per heavy atom. The summed E-state index contributed by atoms with van der Waals surface area (Å²) in [6, 6.07) is 0.582. The van der Waals surface area contributed by atoms with Gasteiger partial charge in [-0.1, -0.05) is 26.8 Å². The Kier molecular flexibility index (Phi) is 6.73. The third-order valence-corrected chi connectivity index (χ3v) is 6.07. The van der Waals surface area contributed by atoms with Crippen LogP contribution in [-0.4, -0.2) is 32.9 Å². The fraction of sp³-hybridized carbons (Fsp3) is 0.562. The lowest BCUT2D eigenvalue weighted by molar-refractivity contribution is -0.349. The molecule has 1 N–H and O–H groups in total. The molecule has 0 bridgehead atoms. The SMILES string of the molecule is CCc1c(C(=O)O)ccc(C(F)(C(F)(F)F)C(F)(F)F)c1[S@](=O)[C@H](C)CC. The molecule has 0 aliphatic rings. The van der Waals surface area contributed by atoms with Gasteiger partial charge in [-0.25, -0.2) is 9.18 Å². The standard InChI is InChI=1S/C16H17F7O3S/c1-4-8(3)27(26)12-9(5-2)10(13(24)25)6-7-11(12)14(17,15(18,19)20)16(21,22)23/h6-8H,4-5H2,1-3H3,(H,24,25)/t8-,27-/m1/s1. The quantitative estimate of drug-likeness (QED) is 0.646. The number of hydrogen-bond donors (Lipinski definition) is 1. The predicted molar refractivity (Wildman–Crippen MR) is 83.8 cm³/mol. The summed E-state index contributed by atoms with van der Waals surface area (Å²) in [5.74, 6) is -1.63. The van der Waals surface area contributed by atoms with E-state index in [4.69, 9.17) is 0 Å². The van der Waals surface area contributed by atoms with Crippen LogP contribution in [0.2, 0.25) is 0 Å². The van der Waals surface area contributed by atoms with Gasteiger partial charge in [-0.15, -0.1) is 0 Å². The van der Waals surface area contributed by atoms with Crippen LogP contribution in [0, 0.1) is 0 Å². The van der Waals surface area contributed by atoms with E-state index in [0.717, 1.165) is 0 Å². The van der Waals surface area contributed by atoms with Crippen molar-refractivity contribution in [1.82, 2.24) is 0 Å². The number of alkyl halides is 7. The second kappa shape index (κ2) is 7.76. The third-order valence-electron chi connectivity index (χ3n) is 4.14. The van der Waals surface area contributed by atoms with Crippen LogP contribution in [0.4, 0.5) is 30.7 Å². The highest BCUT2D eigenvalue weighted by molar-refractivity contribution is 7.85. The third kappa shape index (κ3) is 3.97. The molecule has 1 rings (SSSR count). The van der Waals surface area contributed by atoms with Crippen LogP contribution < -0.4 is 0 Å². The van der Waals surface area contributed by atoms with Crippen molar-refractivity contribution >= 4 is 16.8 Å². The summed E-state index contributed by atoms with van der Waals surface area (Å²) in [7, 11) is -2.50. The van der Waals surface area contributed by atoms with E-state index >= 15 is 0 Å². The molecule has 0 aliphatic carbocycles. The number of rotatable bonds is 6. The molecular formula is C16H17F7O3S. The van der Waals surface area contributed by atoms with E-state index in [-0.39, 0.29) is 18.9 Å². The van der Waals surface area contributed by atoms with Crippen molar-refractivity contribution in [3.8, 4) is 0 Å². The summed E-state index contributed by atoms with van der Waals surface area (Å²) in [5, 5.41) is 8.25. The highest BCUT2D eigenvalue weighted by atomic mass is 32.2. The number of aromatic carboxylic acids is 1. The summed E-state index contributed by atoms with van der Waals surface area (Å²) in [6.45, 7) is 4.06. The largest absolute Gasteiger partial charge is 0.478 e. The molecule has 0 aliphatic heterocycles. The summed E-state index contributed by atoms with van der Waals surface area (Å²) < 4.78 is 106. The minimum Gasteiger partial charge on any atom is -0.478 e. The van der Waals surface area contributed by atoms with Crippen molar-refractivity contribution in [2.75, 3.05) is 0 Å². The zero-order valence-corrected chi connectivity index (χ0v) is 15.3. The minimum atomic E-state index is -6.39. The van der Waals surface area contributed by atoms with Crippen LogP contribution in [0.3, 0.4) is 0 Å². The zero-order valence-electron chi connectivity index (χ0n) is 14.5. The lowest BCUT2D eigenvalue weighted by atomic mass is 9.90. The molecule has 0 heterocycles. The highest BCUT2D eigenvalue weighted by Crippen LogP contribution is 2.55. The van der Waals surface area contributed by atoms with Crippen molar-refractivity contribution in [3.05, 3.63) is 28.8 Å². The first kappa shape index (κ1) is 23.4. The van der Waals surface area contributed by atoms with Crippen molar-refractivity contribution in [2.45, 2.75) is 61.8 Å². The van der Waals surface area contributed by atoms with E-state index in [0.29, 0.717) is 6.07 Å². The van der Waals surface area contributed by atoms with Crippen molar-refractivity contribution in [2.24, 2.45) is 0 Å². The van der Waals surface area contributed by atoms with E-state index in [9.17, 15) is 44.8 Å². The smallest absolute Gasteiger partial charge is 0.435 e. The Balaban J connectivity index is 4.09. The number of carboxylic acids is 1. The fourth-order valence-electron chi connectivity index (χ4n) is 2.50. The van der Waals surface area contributed by atoms with E-state index in [2.05, 4.69) is 0 Å². The Hall–Kier alpha value is -1.65. The Bertz CT molecular complexity index is 727. The average molecular weight is 422 g/mol. The van der Waals surface area contributed by atoms with Gasteiger partial charge in [0.15, 0.2) is 0 Å². The van der Waals surface area contributed by atoms with Crippen LogP contribution in [0.25, 0.3) is 0 Å². The van der Waals surface area contributed by atoms with Gasteiger partial charge in [-0.2, -0.15) is 26.3 Å². The summed E-state index contributed by atoms with van der Waals surface area (Å²) in [4.78, 5) is 10.2. The second-order valence-electron chi connectivity index (χ2n) is 5.80. The first-order valence-corrected chi connectivity index (χ1v) is 8.98. The van der Waals surface area contributed by atoms with E-state index < -0.39 is 61.6 Å². The second-order valence-corrected chi connectivity index (χ2v) is 7.61. The van der Waals surface area contributed by atoms with Gasteiger partial charge < -0.3 is 5.11 Å². The number of halogens is 7. The average Bonchev–Trinajstić information content (AvgIpc) is 2.55. The minimum absolute atomic E-state index is 0.101. The maximum absolute atomic E-state index is 14.6. The lowest BCUT2D eigenvalue weighted by Crippen LogP contribution is -2.51. The summed E-state index contributed by atoms with van der Waals surface area (Å²) in [5.41, 5.74) is -8.82. The van der Waals surface area contributed by atoms with Crippen LogP contribution >= 0.6 is 0 Å². The van der Waals surface area contributed by atoms with Crippen molar-refractivity contribution < 1.29 is 44.8 Å². The molecule has 0 saturated heterocycles. The number of hydrogen-bond acceptors (Lipinski definition) is 2. The summed E-state index contributed by atoms with van der Waals surface area (Å²) in [6.07, 6.45) is -13.0. The van der Waals surface area contributed by atoms with Gasteiger partial charge in [-0.05, 0) is 24.5 Å². The predicted octanol–water partition coefficient (Wildman–Crippen LogP) is 5.14.